The van der Waals surface area contributed by atoms with Crippen molar-refractivity contribution in [3.63, 3.8) is 0 Å². The molecule has 1 aliphatic heterocycles. The van der Waals surface area contributed by atoms with E-state index in [9.17, 15) is 9.59 Å². The molecule has 10 heteroatoms. The van der Waals surface area contributed by atoms with Crippen LogP contribution in [0.1, 0.15) is 36.0 Å². The number of aromatic nitrogens is 4. The van der Waals surface area contributed by atoms with Gasteiger partial charge in [0.2, 0.25) is 5.91 Å². The van der Waals surface area contributed by atoms with Gasteiger partial charge in [-0.2, -0.15) is 4.68 Å². The molecule has 1 unspecified atom stereocenters. The number of rotatable bonds is 5. The number of benzene rings is 1. The number of ether oxygens (including phenoxy) is 1. The summed E-state index contributed by atoms with van der Waals surface area (Å²) in [5.41, 5.74) is 0.868. The topological polar surface area (TPSA) is 102 Å². The second-order valence-electron chi connectivity index (χ2n) is 7.13. The standard InChI is InChI=1S/C18H21ClN6O3/c1-28-16-8-15(25-10-20-22-23-25)14(19)7-13(16)18(27)24-6-2-3-11(9-24)17(26)21-12-4-5-12/h7-8,10-12H,2-6,9H2,1H3,(H,21,26). The third-order valence-electron chi connectivity index (χ3n) is 5.10. The summed E-state index contributed by atoms with van der Waals surface area (Å²) < 4.78 is 6.82. The van der Waals surface area contributed by atoms with Crippen molar-refractivity contribution in [2.45, 2.75) is 31.7 Å². The molecular formula is C18H21ClN6O3. The first-order chi connectivity index (χ1) is 13.6. The zero-order valence-corrected chi connectivity index (χ0v) is 16.2. The molecule has 1 saturated heterocycles. The molecule has 2 fully saturated rings. The van der Waals surface area contributed by atoms with Gasteiger partial charge in [0.25, 0.3) is 5.91 Å². The first-order valence-corrected chi connectivity index (χ1v) is 9.65. The molecule has 2 aliphatic rings. The highest BCUT2D eigenvalue weighted by molar-refractivity contribution is 6.33. The van der Waals surface area contributed by atoms with Gasteiger partial charge in [0.15, 0.2) is 0 Å². The number of carbonyl (C=O) groups excluding carboxylic acids is 2. The molecular weight excluding hydrogens is 384 g/mol. The highest BCUT2D eigenvalue weighted by Gasteiger charge is 2.33. The monoisotopic (exact) mass is 404 g/mol. The van der Waals surface area contributed by atoms with E-state index in [4.69, 9.17) is 16.3 Å². The summed E-state index contributed by atoms with van der Waals surface area (Å²) in [6.07, 6.45) is 5.08. The average Bonchev–Trinajstić information content (AvgIpc) is 3.36. The van der Waals surface area contributed by atoms with Crippen LogP contribution in [0.15, 0.2) is 18.5 Å². The Morgan fingerprint density at radius 3 is 2.79 bits per heavy atom. The van der Waals surface area contributed by atoms with Crippen LogP contribution < -0.4 is 10.1 Å². The maximum Gasteiger partial charge on any atom is 0.257 e. The largest absolute Gasteiger partial charge is 0.496 e. The van der Waals surface area contributed by atoms with Crippen molar-refractivity contribution in [2.24, 2.45) is 5.92 Å². The summed E-state index contributed by atoms with van der Waals surface area (Å²) in [5, 5.41) is 14.4. The van der Waals surface area contributed by atoms with Gasteiger partial charge in [-0.25, -0.2) is 0 Å². The molecule has 148 valence electrons. The lowest BCUT2D eigenvalue weighted by atomic mass is 9.96. The Kier molecular flexibility index (Phi) is 5.17. The molecule has 28 heavy (non-hydrogen) atoms. The van der Waals surface area contributed by atoms with Crippen molar-refractivity contribution >= 4 is 23.4 Å². The van der Waals surface area contributed by atoms with E-state index in [0.29, 0.717) is 41.2 Å². The summed E-state index contributed by atoms with van der Waals surface area (Å²) in [5.74, 6) is 0.0367. The van der Waals surface area contributed by atoms with Crippen LogP contribution in [-0.2, 0) is 4.79 Å². The van der Waals surface area contributed by atoms with E-state index in [2.05, 4.69) is 20.8 Å². The van der Waals surface area contributed by atoms with Gasteiger partial charge >= 0.3 is 0 Å². The van der Waals surface area contributed by atoms with Gasteiger partial charge < -0.3 is 15.0 Å². The Balaban J connectivity index is 1.55. The number of methoxy groups -OCH3 is 1. The van der Waals surface area contributed by atoms with Crippen LogP contribution >= 0.6 is 11.6 Å². The highest BCUT2D eigenvalue weighted by Crippen LogP contribution is 2.31. The number of likely N-dealkylation sites (tertiary alicyclic amines) is 1. The first kappa shape index (κ1) is 18.7. The third-order valence-corrected chi connectivity index (χ3v) is 5.40. The van der Waals surface area contributed by atoms with Gasteiger partial charge in [0, 0.05) is 25.2 Å². The summed E-state index contributed by atoms with van der Waals surface area (Å²) in [7, 11) is 1.49. The summed E-state index contributed by atoms with van der Waals surface area (Å²) >= 11 is 6.37. The molecule has 2 heterocycles. The van der Waals surface area contributed by atoms with E-state index in [0.717, 1.165) is 25.7 Å². The van der Waals surface area contributed by atoms with Crippen LogP contribution in [-0.4, -0.2) is 63.2 Å². The van der Waals surface area contributed by atoms with Gasteiger partial charge in [0.1, 0.15) is 12.1 Å². The van der Waals surface area contributed by atoms with Gasteiger partial charge in [0.05, 0.1) is 29.3 Å². The minimum atomic E-state index is -0.203. The van der Waals surface area contributed by atoms with Gasteiger partial charge in [-0.3, -0.25) is 9.59 Å². The third kappa shape index (κ3) is 3.80. The Hall–Kier alpha value is -2.68. The maximum atomic E-state index is 13.1. The number of tetrazole rings is 1. The lowest BCUT2D eigenvalue weighted by Gasteiger charge is -2.32. The van der Waals surface area contributed by atoms with Crippen LogP contribution in [0.5, 0.6) is 5.75 Å². The number of nitrogens with zero attached hydrogens (tertiary/aromatic N) is 5. The Morgan fingerprint density at radius 1 is 1.29 bits per heavy atom. The molecule has 4 rings (SSSR count). The lowest BCUT2D eigenvalue weighted by Crippen LogP contribution is -2.46. The molecule has 2 amide bonds. The molecule has 1 saturated carbocycles. The fourth-order valence-electron chi connectivity index (χ4n) is 3.42. The predicted octanol–water partition coefficient (Wildman–Crippen LogP) is 1.46. The van der Waals surface area contributed by atoms with Gasteiger partial charge in [-0.1, -0.05) is 11.6 Å². The number of halogens is 1. The van der Waals surface area contributed by atoms with E-state index in [-0.39, 0.29) is 17.7 Å². The second kappa shape index (κ2) is 7.75. The highest BCUT2D eigenvalue weighted by atomic mass is 35.5. The number of piperidine rings is 1. The van der Waals surface area contributed by atoms with Crippen molar-refractivity contribution in [3.05, 3.63) is 29.0 Å². The predicted molar refractivity (Wildman–Crippen MR) is 101 cm³/mol. The van der Waals surface area contributed by atoms with Crippen molar-refractivity contribution < 1.29 is 14.3 Å². The maximum absolute atomic E-state index is 13.1. The molecule has 2 aromatic rings. The van der Waals surface area contributed by atoms with E-state index in [1.807, 2.05) is 0 Å². The van der Waals surface area contributed by atoms with E-state index < -0.39 is 0 Å². The van der Waals surface area contributed by atoms with Gasteiger partial charge in [-0.05, 0) is 42.2 Å². The Labute approximate surface area is 167 Å². The number of carbonyl (C=O) groups is 2. The van der Waals surface area contributed by atoms with Crippen LogP contribution in [0.3, 0.4) is 0 Å². The molecule has 0 radical (unpaired) electrons. The quantitative estimate of drug-likeness (QED) is 0.809. The summed E-state index contributed by atoms with van der Waals surface area (Å²) in [6.45, 7) is 0.995. The lowest BCUT2D eigenvalue weighted by molar-refractivity contribution is -0.126. The van der Waals surface area contributed by atoms with Crippen LogP contribution in [0.2, 0.25) is 5.02 Å². The van der Waals surface area contributed by atoms with Crippen molar-refractivity contribution in [1.82, 2.24) is 30.4 Å². The molecule has 1 aromatic heterocycles. The molecule has 1 N–H and O–H groups in total. The molecule has 1 atom stereocenters. The van der Waals surface area contributed by atoms with Gasteiger partial charge in [-0.15, -0.1) is 5.10 Å². The van der Waals surface area contributed by atoms with Crippen molar-refractivity contribution in [1.29, 1.82) is 0 Å². The fourth-order valence-corrected chi connectivity index (χ4v) is 3.67. The molecule has 1 aliphatic carbocycles. The zero-order chi connectivity index (χ0) is 19.7. The number of nitrogens with one attached hydrogen (secondary N) is 1. The average molecular weight is 405 g/mol. The SMILES string of the molecule is COc1cc(-n2cnnn2)c(Cl)cc1C(=O)N1CCCC(C(=O)NC2CC2)C1. The first-order valence-electron chi connectivity index (χ1n) is 9.27. The zero-order valence-electron chi connectivity index (χ0n) is 15.5. The minimum Gasteiger partial charge on any atom is -0.496 e. The van der Waals surface area contributed by atoms with Crippen LogP contribution in [0.25, 0.3) is 5.69 Å². The van der Waals surface area contributed by atoms with E-state index in [1.165, 1.54) is 18.1 Å². The molecule has 1 aromatic carbocycles. The number of hydrogen-bond donors (Lipinski definition) is 1. The fraction of sp³-hybridized carbons (Fsp3) is 0.500. The molecule has 0 spiro atoms. The molecule has 9 nitrogen and oxygen atoms in total. The molecule has 0 bridgehead atoms. The second-order valence-corrected chi connectivity index (χ2v) is 7.54. The Morgan fingerprint density at radius 2 is 2.11 bits per heavy atom. The van der Waals surface area contributed by atoms with Crippen LogP contribution in [0, 0.1) is 5.92 Å². The van der Waals surface area contributed by atoms with E-state index in [1.54, 1.807) is 17.0 Å². The number of hydrogen-bond acceptors (Lipinski definition) is 6. The van der Waals surface area contributed by atoms with E-state index >= 15 is 0 Å². The smallest absolute Gasteiger partial charge is 0.257 e. The normalized spacial score (nSPS) is 19.4. The summed E-state index contributed by atoms with van der Waals surface area (Å²) in [4.78, 5) is 27.2. The number of amides is 2. The summed E-state index contributed by atoms with van der Waals surface area (Å²) in [6, 6.07) is 3.51. The van der Waals surface area contributed by atoms with Crippen LogP contribution in [0.4, 0.5) is 0 Å². The Bertz CT molecular complexity index is 884. The van der Waals surface area contributed by atoms with Crippen molar-refractivity contribution in [2.75, 3.05) is 20.2 Å². The minimum absolute atomic E-state index is 0.0408. The van der Waals surface area contributed by atoms with Crippen molar-refractivity contribution in [3.8, 4) is 11.4 Å².